The minimum absolute atomic E-state index is 0.0472. The lowest BCUT2D eigenvalue weighted by molar-refractivity contribution is -0.150. The summed E-state index contributed by atoms with van der Waals surface area (Å²) >= 11 is 0. The Morgan fingerprint density at radius 2 is 1.74 bits per heavy atom. The molecule has 0 radical (unpaired) electrons. The lowest BCUT2D eigenvalue weighted by Crippen LogP contribution is -2.59. The smallest absolute Gasteiger partial charge is 0.225 e. The summed E-state index contributed by atoms with van der Waals surface area (Å²) in [7, 11) is 1.87. The fourth-order valence-electron chi connectivity index (χ4n) is 7.63. The molecule has 0 heterocycles. The van der Waals surface area contributed by atoms with Gasteiger partial charge >= 0.3 is 0 Å². The highest BCUT2D eigenvalue weighted by Gasteiger charge is 2.54. The van der Waals surface area contributed by atoms with Crippen LogP contribution in [0.4, 0.5) is 0 Å². The Balaban J connectivity index is 1.42. The number of hydrogen-bond donors (Lipinski definition) is 2. The van der Waals surface area contributed by atoms with Crippen molar-refractivity contribution in [3.63, 3.8) is 0 Å². The molecule has 0 aliphatic heterocycles. The first-order valence-electron chi connectivity index (χ1n) is 14.0. The van der Waals surface area contributed by atoms with Crippen LogP contribution in [-0.2, 0) is 16.1 Å². The number of carbonyl (C=O) groups excluding carboxylic acids is 2. The van der Waals surface area contributed by atoms with Gasteiger partial charge in [0.25, 0.3) is 0 Å². The maximum atomic E-state index is 13.4. The first-order valence-corrected chi connectivity index (χ1v) is 14.0. The highest BCUT2D eigenvalue weighted by molar-refractivity contribution is 5.79. The van der Waals surface area contributed by atoms with E-state index in [4.69, 9.17) is 0 Å². The van der Waals surface area contributed by atoms with Crippen molar-refractivity contribution < 1.29 is 14.7 Å². The minimum Gasteiger partial charge on any atom is -0.392 e. The van der Waals surface area contributed by atoms with Crippen LogP contribution in [0.5, 0.6) is 0 Å². The first-order chi connectivity index (χ1) is 16.7. The second-order valence-corrected chi connectivity index (χ2v) is 12.2. The van der Waals surface area contributed by atoms with E-state index in [-0.39, 0.29) is 52.9 Å². The fraction of sp³-hybridized carbons (Fsp3) is 0.733. The Bertz CT molecular complexity index is 868. The van der Waals surface area contributed by atoms with Gasteiger partial charge in [0.2, 0.25) is 11.8 Å². The number of nitrogens with zero attached hydrogens (tertiary/aromatic N) is 1. The second kappa shape index (κ2) is 11.0. The van der Waals surface area contributed by atoms with Crippen LogP contribution in [0.2, 0.25) is 0 Å². The average molecular weight is 483 g/mol. The summed E-state index contributed by atoms with van der Waals surface area (Å²) in [6, 6.07) is 10.2. The predicted octanol–water partition coefficient (Wildman–Crippen LogP) is 5.17. The van der Waals surface area contributed by atoms with Crippen LogP contribution in [0, 0.1) is 35.0 Å². The molecule has 3 fully saturated rings. The van der Waals surface area contributed by atoms with Gasteiger partial charge in [-0.3, -0.25) is 9.59 Å². The lowest BCUT2D eigenvalue weighted by atomic mass is 9.51. The molecule has 1 aromatic carbocycles. The van der Waals surface area contributed by atoms with Gasteiger partial charge < -0.3 is 15.3 Å². The first kappa shape index (κ1) is 26.2. The average Bonchev–Trinajstić information content (AvgIpc) is 2.86. The summed E-state index contributed by atoms with van der Waals surface area (Å²) in [5, 5.41) is 15.1. The van der Waals surface area contributed by atoms with Gasteiger partial charge in [0.15, 0.2) is 0 Å². The third-order valence-corrected chi connectivity index (χ3v) is 9.86. The predicted molar refractivity (Wildman–Crippen MR) is 139 cm³/mol. The zero-order chi connectivity index (χ0) is 25.2. The number of carbonyl (C=O) groups is 2. The number of hydrogen-bond acceptors (Lipinski definition) is 3. The molecule has 4 rings (SSSR count). The molecule has 1 aromatic rings. The summed E-state index contributed by atoms with van der Waals surface area (Å²) in [6.45, 7) is 7.12. The van der Waals surface area contributed by atoms with Crippen molar-refractivity contribution in [1.82, 2.24) is 10.2 Å². The number of fused-ring (bicyclic) bond motifs is 1. The van der Waals surface area contributed by atoms with Gasteiger partial charge in [0.1, 0.15) is 0 Å². The summed E-state index contributed by atoms with van der Waals surface area (Å²) in [5.74, 6) is 0.503. The molecule has 3 saturated carbocycles. The summed E-state index contributed by atoms with van der Waals surface area (Å²) in [4.78, 5) is 28.2. The Morgan fingerprint density at radius 1 is 1.09 bits per heavy atom. The molecular weight excluding hydrogens is 436 g/mol. The monoisotopic (exact) mass is 482 g/mol. The molecule has 5 nitrogen and oxygen atoms in total. The van der Waals surface area contributed by atoms with E-state index in [9.17, 15) is 14.7 Å². The lowest BCUT2D eigenvalue weighted by Gasteiger charge is -2.56. The third-order valence-electron chi connectivity index (χ3n) is 9.86. The Morgan fingerprint density at radius 3 is 2.43 bits per heavy atom. The van der Waals surface area contributed by atoms with Crippen LogP contribution in [0.15, 0.2) is 30.3 Å². The Kier molecular flexibility index (Phi) is 8.25. The number of rotatable bonds is 6. The van der Waals surface area contributed by atoms with Crippen molar-refractivity contribution in [1.29, 1.82) is 0 Å². The number of benzene rings is 1. The topological polar surface area (TPSA) is 69.6 Å². The summed E-state index contributed by atoms with van der Waals surface area (Å²) in [5.41, 5.74) is 1.19. The highest BCUT2D eigenvalue weighted by atomic mass is 16.3. The van der Waals surface area contributed by atoms with Crippen molar-refractivity contribution in [2.24, 2.45) is 35.0 Å². The molecule has 3 aliphatic carbocycles. The largest absolute Gasteiger partial charge is 0.392 e. The Labute approximate surface area is 212 Å². The van der Waals surface area contributed by atoms with Crippen LogP contribution in [0.3, 0.4) is 0 Å². The highest BCUT2D eigenvalue weighted by Crippen LogP contribution is 2.55. The molecule has 2 N–H and O–H groups in total. The van der Waals surface area contributed by atoms with Crippen molar-refractivity contribution >= 4 is 11.8 Å². The van der Waals surface area contributed by atoms with Gasteiger partial charge in [0.05, 0.1) is 6.10 Å². The van der Waals surface area contributed by atoms with E-state index >= 15 is 0 Å². The molecule has 0 bridgehead atoms. The van der Waals surface area contributed by atoms with Gasteiger partial charge in [-0.15, -0.1) is 0 Å². The van der Waals surface area contributed by atoms with Crippen LogP contribution in [0.1, 0.15) is 84.1 Å². The zero-order valence-corrected chi connectivity index (χ0v) is 22.2. The quantitative estimate of drug-likeness (QED) is 0.588. The number of aliphatic hydroxyl groups is 1. The van der Waals surface area contributed by atoms with E-state index in [2.05, 4.69) is 19.2 Å². The van der Waals surface area contributed by atoms with Crippen molar-refractivity contribution in [3.8, 4) is 0 Å². The normalized spacial score (nSPS) is 34.5. The maximum absolute atomic E-state index is 13.4. The van der Waals surface area contributed by atoms with Gasteiger partial charge in [-0.2, -0.15) is 0 Å². The molecular formula is C30H46N2O3. The molecule has 5 heteroatoms. The van der Waals surface area contributed by atoms with Gasteiger partial charge in [-0.05, 0) is 67.3 Å². The SMILES string of the molecule is C[C@H]1[C@@H]2[C@@H](O)[C@@H]([C@H](C)C(=O)N(C)Cc3ccccc3)CC[C@@]2(C)CC[C@@H]1NC(=O)C1CCCCC1. The van der Waals surface area contributed by atoms with E-state index in [1.54, 1.807) is 4.90 Å². The van der Waals surface area contributed by atoms with Gasteiger partial charge in [0, 0.05) is 31.5 Å². The third kappa shape index (κ3) is 5.60. The zero-order valence-electron chi connectivity index (χ0n) is 22.2. The molecule has 194 valence electrons. The van der Waals surface area contributed by atoms with Crippen LogP contribution in [-0.4, -0.2) is 41.0 Å². The molecule has 35 heavy (non-hydrogen) atoms. The van der Waals surface area contributed by atoms with E-state index in [1.807, 2.05) is 44.3 Å². The van der Waals surface area contributed by atoms with Crippen molar-refractivity contribution in [2.75, 3.05) is 7.05 Å². The fourth-order valence-corrected chi connectivity index (χ4v) is 7.63. The minimum atomic E-state index is -0.526. The number of aliphatic hydroxyl groups excluding tert-OH is 1. The van der Waals surface area contributed by atoms with Crippen LogP contribution < -0.4 is 5.32 Å². The standard InChI is InChI=1S/C30H46N2O3/c1-20(29(35)32(4)19-22-11-7-5-8-12-22)24-15-17-30(3)18-16-25(21(2)26(30)27(24)33)31-28(34)23-13-9-6-10-14-23/h5,7-8,11-12,20-21,23-27,33H,6,9-10,13-19H2,1-4H3,(H,31,34)/t20-,21+,24+,25-,26+,27-,30-/m0/s1. The molecule has 0 spiro atoms. The molecule has 0 unspecified atom stereocenters. The number of amides is 2. The van der Waals surface area contributed by atoms with Gasteiger partial charge in [-0.25, -0.2) is 0 Å². The molecule has 0 saturated heterocycles. The van der Waals surface area contributed by atoms with Crippen LogP contribution >= 0.6 is 0 Å². The molecule has 3 aliphatic rings. The Hall–Kier alpha value is -1.88. The molecule has 2 amide bonds. The second-order valence-electron chi connectivity index (χ2n) is 12.2. The number of nitrogens with one attached hydrogen (secondary N) is 1. The van der Waals surface area contributed by atoms with E-state index in [0.717, 1.165) is 56.9 Å². The van der Waals surface area contributed by atoms with E-state index in [1.165, 1.54) is 6.42 Å². The van der Waals surface area contributed by atoms with Crippen molar-refractivity contribution in [2.45, 2.75) is 97.2 Å². The van der Waals surface area contributed by atoms with Gasteiger partial charge in [-0.1, -0.05) is 70.4 Å². The summed E-state index contributed by atoms with van der Waals surface area (Å²) in [6.07, 6.45) is 8.98. The summed E-state index contributed by atoms with van der Waals surface area (Å²) < 4.78 is 0. The van der Waals surface area contributed by atoms with E-state index < -0.39 is 6.10 Å². The van der Waals surface area contributed by atoms with Crippen LogP contribution in [0.25, 0.3) is 0 Å². The van der Waals surface area contributed by atoms with E-state index in [0.29, 0.717) is 6.54 Å². The molecule has 7 atom stereocenters. The van der Waals surface area contributed by atoms with Crippen molar-refractivity contribution in [3.05, 3.63) is 35.9 Å². The molecule has 0 aromatic heterocycles. The maximum Gasteiger partial charge on any atom is 0.225 e.